The predicted octanol–water partition coefficient (Wildman–Crippen LogP) is 4.09. The second kappa shape index (κ2) is 8.78. The normalized spacial score (nSPS) is 16.3. The predicted molar refractivity (Wildman–Crippen MR) is 122 cm³/mol. The van der Waals surface area contributed by atoms with Gasteiger partial charge in [0, 0.05) is 44.0 Å². The molecule has 0 spiro atoms. The van der Waals surface area contributed by atoms with Crippen LogP contribution in [0.25, 0.3) is 11.0 Å². The van der Waals surface area contributed by atoms with E-state index in [2.05, 4.69) is 36.2 Å². The first-order valence-corrected chi connectivity index (χ1v) is 10.9. The van der Waals surface area contributed by atoms with Gasteiger partial charge in [0.05, 0.1) is 11.0 Å². The Morgan fingerprint density at radius 3 is 2.30 bits per heavy atom. The molecule has 1 amide bonds. The highest BCUT2D eigenvalue weighted by molar-refractivity contribution is 5.91. The number of rotatable bonds is 7. The van der Waals surface area contributed by atoms with Crippen molar-refractivity contribution >= 4 is 28.3 Å². The molecule has 2 aromatic carbocycles. The van der Waals surface area contributed by atoms with E-state index in [0.29, 0.717) is 13.1 Å². The number of amides is 1. The second-order valence-corrected chi connectivity index (χ2v) is 8.26. The maximum Gasteiger partial charge on any atom is 0.329 e. The third-order valence-corrected chi connectivity index (χ3v) is 5.87. The summed E-state index contributed by atoms with van der Waals surface area (Å²) in [5, 5.41) is 2.96. The van der Waals surface area contributed by atoms with Gasteiger partial charge in [0.15, 0.2) is 0 Å². The van der Waals surface area contributed by atoms with Crippen LogP contribution in [0.4, 0.5) is 11.4 Å². The molecule has 2 heterocycles. The molecule has 6 nitrogen and oxygen atoms in total. The van der Waals surface area contributed by atoms with E-state index < -0.39 is 0 Å². The molecule has 1 aromatic heterocycles. The lowest BCUT2D eigenvalue weighted by Crippen LogP contribution is -2.26. The number of benzene rings is 2. The van der Waals surface area contributed by atoms with Gasteiger partial charge in [0.1, 0.15) is 0 Å². The van der Waals surface area contributed by atoms with Crippen molar-refractivity contribution in [2.24, 2.45) is 5.92 Å². The molecule has 0 radical (unpaired) electrons. The molecule has 1 saturated heterocycles. The molecule has 1 aliphatic rings. The van der Waals surface area contributed by atoms with Crippen molar-refractivity contribution in [3.05, 3.63) is 59.0 Å². The fourth-order valence-electron chi connectivity index (χ4n) is 4.29. The summed E-state index contributed by atoms with van der Waals surface area (Å²) in [6.07, 6.45) is 2.37. The number of carbonyl (C=O) groups is 1. The maximum atomic E-state index is 12.8. The average Bonchev–Trinajstić information content (AvgIpc) is 3.29. The molecule has 30 heavy (non-hydrogen) atoms. The molecule has 1 aliphatic heterocycles. The minimum absolute atomic E-state index is 0.0463. The van der Waals surface area contributed by atoms with Crippen LogP contribution in [0, 0.1) is 5.92 Å². The van der Waals surface area contributed by atoms with Crippen LogP contribution < -0.4 is 15.9 Å². The highest BCUT2D eigenvalue weighted by Crippen LogP contribution is 2.24. The number of imidazole rings is 1. The highest BCUT2D eigenvalue weighted by atomic mass is 16.2. The lowest BCUT2D eigenvalue weighted by molar-refractivity contribution is -0.116. The van der Waals surface area contributed by atoms with E-state index in [-0.39, 0.29) is 18.0 Å². The van der Waals surface area contributed by atoms with Gasteiger partial charge in [-0.25, -0.2) is 4.79 Å². The molecule has 0 bridgehead atoms. The zero-order valence-electron chi connectivity index (χ0n) is 17.8. The number of hydrogen-bond acceptors (Lipinski definition) is 3. The maximum absolute atomic E-state index is 12.8. The van der Waals surface area contributed by atoms with Gasteiger partial charge in [-0.1, -0.05) is 26.0 Å². The smallest absolute Gasteiger partial charge is 0.329 e. The van der Waals surface area contributed by atoms with Gasteiger partial charge < -0.3 is 10.2 Å². The summed E-state index contributed by atoms with van der Waals surface area (Å²) in [6, 6.07) is 15.8. The molecule has 158 valence electrons. The fourth-order valence-corrected chi connectivity index (χ4v) is 4.29. The van der Waals surface area contributed by atoms with Crippen LogP contribution in [0.3, 0.4) is 0 Å². The summed E-state index contributed by atoms with van der Waals surface area (Å²) in [4.78, 5) is 27.7. The topological polar surface area (TPSA) is 59.3 Å². The number of anilines is 2. The molecule has 6 heteroatoms. The summed E-state index contributed by atoms with van der Waals surface area (Å²) < 4.78 is 3.51. The van der Waals surface area contributed by atoms with Crippen molar-refractivity contribution in [2.45, 2.75) is 46.2 Å². The van der Waals surface area contributed by atoms with Crippen molar-refractivity contribution in [3.63, 3.8) is 0 Å². The monoisotopic (exact) mass is 406 g/mol. The number of hydrogen-bond donors (Lipinski definition) is 1. The SMILES string of the molecule is CCCn1c(=O)n(CCC(=O)Nc2ccc(N3CCC(C)C3)cc2)c2ccccc21. The van der Waals surface area contributed by atoms with Gasteiger partial charge in [0.25, 0.3) is 0 Å². The number of fused-ring (bicyclic) bond motifs is 1. The number of aryl methyl sites for hydroxylation is 2. The summed E-state index contributed by atoms with van der Waals surface area (Å²) >= 11 is 0. The Morgan fingerprint density at radius 1 is 1.03 bits per heavy atom. The first kappa shape index (κ1) is 20.3. The van der Waals surface area contributed by atoms with Gasteiger partial charge >= 0.3 is 5.69 Å². The molecule has 4 rings (SSSR count). The summed E-state index contributed by atoms with van der Waals surface area (Å²) in [7, 11) is 0. The lowest BCUT2D eigenvalue weighted by atomic mass is 10.2. The van der Waals surface area contributed by atoms with Crippen LogP contribution in [0.15, 0.2) is 53.3 Å². The van der Waals surface area contributed by atoms with Crippen LogP contribution >= 0.6 is 0 Å². The number of nitrogens with zero attached hydrogens (tertiary/aromatic N) is 3. The van der Waals surface area contributed by atoms with Crippen LogP contribution in [0.1, 0.15) is 33.1 Å². The van der Waals surface area contributed by atoms with Gasteiger partial charge in [-0.05, 0) is 55.2 Å². The van der Waals surface area contributed by atoms with E-state index in [1.165, 1.54) is 12.1 Å². The molecule has 0 aliphatic carbocycles. The fraction of sp³-hybridized carbons (Fsp3) is 0.417. The van der Waals surface area contributed by atoms with E-state index in [1.54, 1.807) is 9.13 Å². The first-order valence-electron chi connectivity index (χ1n) is 10.9. The first-order chi connectivity index (χ1) is 14.6. The number of nitrogens with one attached hydrogen (secondary N) is 1. The van der Waals surface area contributed by atoms with Crippen LogP contribution in [-0.4, -0.2) is 28.1 Å². The third kappa shape index (κ3) is 4.13. The Morgan fingerprint density at radius 2 is 1.70 bits per heavy atom. The second-order valence-electron chi connectivity index (χ2n) is 8.26. The molecular formula is C24H30N4O2. The third-order valence-electron chi connectivity index (χ3n) is 5.87. The highest BCUT2D eigenvalue weighted by Gasteiger charge is 2.19. The number of carbonyl (C=O) groups excluding carboxylic acids is 1. The van der Waals surface area contributed by atoms with Crippen molar-refractivity contribution < 1.29 is 4.79 Å². The molecule has 1 fully saturated rings. The van der Waals surface area contributed by atoms with E-state index >= 15 is 0 Å². The van der Waals surface area contributed by atoms with Crippen LogP contribution in [0.5, 0.6) is 0 Å². The van der Waals surface area contributed by atoms with Gasteiger partial charge in [-0.3, -0.25) is 13.9 Å². The average molecular weight is 407 g/mol. The van der Waals surface area contributed by atoms with Crippen molar-refractivity contribution in [1.82, 2.24) is 9.13 Å². The van der Waals surface area contributed by atoms with Crippen molar-refractivity contribution in [1.29, 1.82) is 0 Å². The Kier molecular flexibility index (Phi) is 5.93. The van der Waals surface area contributed by atoms with E-state index in [1.807, 2.05) is 36.4 Å². The minimum Gasteiger partial charge on any atom is -0.371 e. The van der Waals surface area contributed by atoms with E-state index in [0.717, 1.165) is 42.1 Å². The summed E-state index contributed by atoms with van der Waals surface area (Å²) in [5.41, 5.74) is 3.75. The molecule has 1 N–H and O–H groups in total. The lowest BCUT2D eigenvalue weighted by Gasteiger charge is -2.18. The minimum atomic E-state index is -0.0863. The number of para-hydroxylation sites is 2. The molecular weight excluding hydrogens is 376 g/mol. The quantitative estimate of drug-likeness (QED) is 0.643. The Labute approximate surface area is 177 Å². The van der Waals surface area contributed by atoms with Crippen molar-refractivity contribution in [2.75, 3.05) is 23.3 Å². The van der Waals surface area contributed by atoms with Gasteiger partial charge in [-0.15, -0.1) is 0 Å². The summed E-state index contributed by atoms with van der Waals surface area (Å²) in [5.74, 6) is 0.646. The molecule has 3 aromatic rings. The van der Waals surface area contributed by atoms with Crippen LogP contribution in [0.2, 0.25) is 0 Å². The van der Waals surface area contributed by atoms with E-state index in [4.69, 9.17) is 0 Å². The van der Waals surface area contributed by atoms with Gasteiger partial charge in [0.2, 0.25) is 5.91 Å². The van der Waals surface area contributed by atoms with Gasteiger partial charge in [-0.2, -0.15) is 0 Å². The molecule has 0 saturated carbocycles. The Balaban J connectivity index is 1.41. The Hall–Kier alpha value is -3.02. The Bertz CT molecular complexity index is 1080. The molecule has 1 atom stereocenters. The number of aromatic nitrogens is 2. The molecule has 1 unspecified atom stereocenters. The summed E-state index contributed by atoms with van der Waals surface area (Å²) in [6.45, 7) is 7.56. The largest absolute Gasteiger partial charge is 0.371 e. The zero-order chi connectivity index (χ0) is 21.1. The van der Waals surface area contributed by atoms with E-state index in [9.17, 15) is 9.59 Å². The zero-order valence-corrected chi connectivity index (χ0v) is 17.8. The standard InChI is InChI=1S/C24H30N4O2/c1-3-14-27-21-6-4-5-7-22(21)28(24(27)30)16-13-23(29)25-19-8-10-20(11-9-19)26-15-12-18(2)17-26/h4-11,18H,3,12-17H2,1-2H3,(H,25,29). The van der Waals surface area contributed by atoms with Crippen LogP contribution in [-0.2, 0) is 17.9 Å². The van der Waals surface area contributed by atoms with Crippen molar-refractivity contribution in [3.8, 4) is 0 Å².